The van der Waals surface area contributed by atoms with E-state index in [1.807, 2.05) is 0 Å². The van der Waals surface area contributed by atoms with E-state index in [1.165, 1.54) is 0 Å². The van der Waals surface area contributed by atoms with Crippen LogP contribution in [-0.4, -0.2) is 0 Å². The Bertz CT molecular complexity index is 337. The number of nitrogens with zero attached hydrogens (tertiary/aromatic N) is 2. The molecule has 52 valence electrons. The topological polar surface area (TPSA) is 31.8 Å². The third kappa shape index (κ3) is 1.70. The van der Waals surface area contributed by atoms with Crippen molar-refractivity contribution in [2.24, 2.45) is 0 Å². The van der Waals surface area contributed by atoms with Crippen LogP contribution in [-0.2, 0) is 0 Å². The second-order valence-electron chi connectivity index (χ2n) is 1.86. The Morgan fingerprint density at radius 3 is 2.36 bits per heavy atom. The maximum atomic E-state index is 9.71. The lowest BCUT2D eigenvalue weighted by Gasteiger charge is -1.84. The predicted molar refractivity (Wildman–Crippen MR) is 42.4 cm³/mol. The quantitative estimate of drug-likeness (QED) is 0.406. The van der Waals surface area contributed by atoms with Crippen LogP contribution in [0, 0.1) is 17.8 Å². The Kier molecular flexibility index (Phi) is 2.09. The van der Waals surface area contributed by atoms with Crippen LogP contribution in [0.15, 0.2) is 24.3 Å². The summed E-state index contributed by atoms with van der Waals surface area (Å²) in [7, 11) is 0. The van der Waals surface area contributed by atoms with Gasteiger partial charge < -0.3 is 5.21 Å². The zero-order chi connectivity index (χ0) is 8.10. The van der Waals surface area contributed by atoms with Gasteiger partial charge in [-0.1, -0.05) is 24.3 Å². The summed E-state index contributed by atoms with van der Waals surface area (Å²) in [5.41, 5.74) is 1.13. The second kappa shape index (κ2) is 3.24. The van der Waals surface area contributed by atoms with Gasteiger partial charge in [-0.25, -0.2) is 4.85 Å². The lowest BCUT2D eigenvalue weighted by molar-refractivity contribution is 1.65. The van der Waals surface area contributed by atoms with Gasteiger partial charge in [0.05, 0.1) is 6.57 Å². The van der Waals surface area contributed by atoms with Gasteiger partial charge in [0.15, 0.2) is 5.69 Å². The molecule has 1 rings (SSSR count). The molecule has 0 N–H and O–H groups in total. The summed E-state index contributed by atoms with van der Waals surface area (Å²) in [5.74, 6) is 0. The molecule has 0 amide bonds. The highest BCUT2D eigenvalue weighted by molar-refractivity contribution is 5.48. The van der Waals surface area contributed by atoms with Crippen molar-refractivity contribution in [3.05, 3.63) is 51.5 Å². The maximum absolute atomic E-state index is 9.71. The number of hydrogen-bond donors (Lipinski definition) is 0. The van der Waals surface area contributed by atoms with Gasteiger partial charge in [-0.2, -0.15) is 0 Å². The van der Waals surface area contributed by atoms with Gasteiger partial charge in [-0.3, -0.25) is 0 Å². The lowest BCUT2D eigenvalue weighted by Crippen LogP contribution is -1.68. The number of benzene rings is 1. The first-order valence-corrected chi connectivity index (χ1v) is 2.92. The van der Waals surface area contributed by atoms with Crippen molar-refractivity contribution in [1.29, 1.82) is 0 Å². The smallest absolute Gasteiger partial charge is 0.336 e. The van der Waals surface area contributed by atoms with Crippen LogP contribution in [0.2, 0.25) is 0 Å². The molecule has 3 heteroatoms. The summed E-state index contributed by atoms with van der Waals surface area (Å²) >= 11 is 0. The van der Waals surface area contributed by atoms with E-state index in [2.05, 4.69) is 15.9 Å². The van der Waals surface area contributed by atoms with Crippen molar-refractivity contribution < 1.29 is 0 Å². The first-order valence-electron chi connectivity index (χ1n) is 2.92. The molecule has 0 unspecified atom stereocenters. The van der Waals surface area contributed by atoms with Gasteiger partial charge in [0.25, 0.3) is 0 Å². The van der Waals surface area contributed by atoms with Gasteiger partial charge in [0.2, 0.25) is 0 Å². The minimum atomic E-state index is 0.543. The molecule has 0 bridgehead atoms. The average Bonchev–Trinajstić information content (AvgIpc) is 2.07. The van der Waals surface area contributed by atoms with E-state index < -0.39 is 0 Å². The third-order valence-corrected chi connectivity index (χ3v) is 1.17. The molecule has 0 radical (unpaired) electrons. The Morgan fingerprint density at radius 2 is 1.91 bits per heavy atom. The Morgan fingerprint density at radius 1 is 1.27 bits per heavy atom. The van der Waals surface area contributed by atoms with Crippen LogP contribution in [0.5, 0.6) is 0 Å². The van der Waals surface area contributed by atoms with Crippen LogP contribution < -0.4 is 0 Å². The highest BCUT2D eigenvalue weighted by Crippen LogP contribution is 2.11. The van der Waals surface area contributed by atoms with Gasteiger partial charge in [0, 0.05) is 5.01 Å². The van der Waals surface area contributed by atoms with Gasteiger partial charge in [0.1, 0.15) is 5.56 Å². The number of hydrogen-bond acceptors (Lipinski definition) is 1. The highest BCUT2D eigenvalue weighted by atomic mass is 16.4. The van der Waals surface area contributed by atoms with E-state index in [4.69, 9.17) is 6.57 Å². The molecule has 1 aromatic carbocycles. The van der Waals surface area contributed by atoms with E-state index in [1.54, 1.807) is 24.3 Å². The first kappa shape index (κ1) is 7.11. The van der Waals surface area contributed by atoms with E-state index in [0.29, 0.717) is 11.3 Å². The van der Waals surface area contributed by atoms with Crippen LogP contribution in [0.25, 0.3) is 9.85 Å². The zero-order valence-corrected chi connectivity index (χ0v) is 5.61. The van der Waals surface area contributed by atoms with Crippen molar-refractivity contribution in [3.8, 4) is 6.07 Å². The normalized spacial score (nSPS) is 7.55. The van der Waals surface area contributed by atoms with Crippen molar-refractivity contribution >= 4 is 5.69 Å². The summed E-state index contributed by atoms with van der Waals surface area (Å²) in [5, 5.41) is 12.2. The zero-order valence-electron chi connectivity index (χ0n) is 5.61. The molecule has 0 heterocycles. The van der Waals surface area contributed by atoms with E-state index in [-0.39, 0.29) is 0 Å². The predicted octanol–water partition coefficient (Wildman–Crippen LogP) is 2.42. The van der Waals surface area contributed by atoms with E-state index in [0.717, 1.165) is 0 Å². The lowest BCUT2D eigenvalue weighted by atomic mass is 10.2. The van der Waals surface area contributed by atoms with Crippen LogP contribution in [0.3, 0.4) is 0 Å². The largest absolute Gasteiger partial charge is 0.498 e. The average molecular weight is 144 g/mol. The number of rotatable bonds is 0. The molecule has 0 aromatic heterocycles. The van der Waals surface area contributed by atoms with Crippen molar-refractivity contribution in [2.75, 3.05) is 0 Å². The summed E-state index contributed by atoms with van der Waals surface area (Å²) in [4.78, 5) is 3.19. The molecular formula is C8H4N2O. The Balaban J connectivity index is 3.00. The van der Waals surface area contributed by atoms with Crippen molar-refractivity contribution in [3.63, 3.8) is 0 Å². The summed E-state index contributed by atoms with van der Waals surface area (Å²) in [6.07, 6.45) is 0. The monoisotopic (exact) mass is 144 g/mol. The molecule has 0 aliphatic rings. The fraction of sp³-hybridized carbons (Fsp3) is 0. The minimum absolute atomic E-state index is 0.543. The maximum Gasteiger partial charge on any atom is 0.336 e. The van der Waals surface area contributed by atoms with Crippen LogP contribution in [0.4, 0.5) is 5.69 Å². The fourth-order valence-electron chi connectivity index (χ4n) is 0.663. The first-order chi connectivity index (χ1) is 5.36. The molecule has 0 saturated heterocycles. The Hall–Kier alpha value is -2.00. The summed E-state index contributed by atoms with van der Waals surface area (Å²) < 4.78 is 0. The fourth-order valence-corrected chi connectivity index (χ4v) is 0.663. The van der Waals surface area contributed by atoms with Crippen LogP contribution >= 0.6 is 0 Å². The molecule has 0 spiro atoms. The summed E-state index contributed by atoms with van der Waals surface area (Å²) in [6.45, 7) is 6.64. The third-order valence-electron chi connectivity index (χ3n) is 1.17. The highest BCUT2D eigenvalue weighted by Gasteiger charge is 1.93. The standard InChI is InChI=1S/C8H4N2O/c1-9-8-4-2-7(3-5-8)6-10-11/h2-5H. The molecule has 0 saturated carbocycles. The molecule has 0 fully saturated rings. The second-order valence-corrected chi connectivity index (χ2v) is 1.86. The SMILES string of the molecule is [C-]#[N+]c1ccc(C#[N+][O-])cc1. The molecule has 1 aromatic rings. The molecule has 0 atom stereocenters. The molecule has 11 heavy (non-hydrogen) atoms. The van der Waals surface area contributed by atoms with E-state index >= 15 is 0 Å². The molecule has 3 nitrogen and oxygen atoms in total. The van der Waals surface area contributed by atoms with Gasteiger partial charge in [-0.05, 0) is 0 Å². The van der Waals surface area contributed by atoms with Crippen LogP contribution in [0.1, 0.15) is 5.56 Å². The molecular weight excluding hydrogens is 140 g/mol. The summed E-state index contributed by atoms with van der Waals surface area (Å²) in [6, 6.07) is 8.69. The molecule has 0 aliphatic carbocycles. The van der Waals surface area contributed by atoms with Gasteiger partial charge >= 0.3 is 6.07 Å². The van der Waals surface area contributed by atoms with E-state index in [9.17, 15) is 5.21 Å². The van der Waals surface area contributed by atoms with Gasteiger partial charge in [-0.15, -0.1) is 0 Å². The Labute approximate surface area is 64.1 Å². The van der Waals surface area contributed by atoms with Crippen molar-refractivity contribution in [1.82, 2.24) is 0 Å². The molecule has 0 aliphatic heterocycles. The van der Waals surface area contributed by atoms with Crippen molar-refractivity contribution in [2.45, 2.75) is 0 Å². The minimum Gasteiger partial charge on any atom is -0.498 e.